The first-order chi connectivity index (χ1) is 26.0. The number of carbonyl (C=O) groups is 4. The minimum absolute atomic E-state index is 0.0434. The molecule has 1 atom stereocenters. The minimum atomic E-state index is -1.02. The highest BCUT2D eigenvalue weighted by Gasteiger charge is 2.25. The number of carboxylic acid groups (broad SMARTS) is 3. The van der Waals surface area contributed by atoms with Crippen molar-refractivity contribution in [2.75, 3.05) is 103 Å². The summed E-state index contributed by atoms with van der Waals surface area (Å²) in [4.78, 5) is 69.6. The lowest BCUT2D eigenvalue weighted by Crippen LogP contribution is -2.49. The lowest BCUT2D eigenvalue weighted by Gasteiger charge is -2.33. The lowest BCUT2D eigenvalue weighted by molar-refractivity contribution is -0.140. The Bertz CT molecular complexity index is 1790. The number of benzene rings is 2. The first kappa shape index (κ1) is 40.3. The smallest absolute Gasteiger partial charge is 0.336 e. The SMILES string of the molecule is O=C(O)CN1CCN(CC(=O)O)CCN(CC(=O)NCCCN2CCCc3c2ccc2c(C(O)c4ccccc4)cc(=O)oc32)CCN(CC(=O)O)CC1. The van der Waals surface area contributed by atoms with Crippen molar-refractivity contribution in [1.29, 1.82) is 0 Å². The monoisotopic (exact) mass is 750 g/mol. The number of amides is 1. The second-order valence-corrected chi connectivity index (χ2v) is 13.9. The van der Waals surface area contributed by atoms with Crippen LogP contribution in [0.4, 0.5) is 5.69 Å². The average molecular weight is 751 g/mol. The van der Waals surface area contributed by atoms with E-state index in [4.69, 9.17) is 4.42 Å². The molecule has 5 rings (SSSR count). The number of nitrogens with one attached hydrogen (secondary N) is 1. The van der Waals surface area contributed by atoms with E-state index in [2.05, 4.69) is 10.2 Å². The van der Waals surface area contributed by atoms with Crippen LogP contribution in [0.15, 0.2) is 57.7 Å². The summed E-state index contributed by atoms with van der Waals surface area (Å²) >= 11 is 0. The van der Waals surface area contributed by atoms with E-state index >= 15 is 0 Å². The second-order valence-electron chi connectivity index (χ2n) is 13.9. The molecule has 16 heteroatoms. The van der Waals surface area contributed by atoms with E-state index < -0.39 is 29.6 Å². The largest absolute Gasteiger partial charge is 0.480 e. The predicted molar refractivity (Wildman–Crippen MR) is 200 cm³/mol. The minimum Gasteiger partial charge on any atom is -0.480 e. The number of anilines is 1. The molecule has 16 nitrogen and oxygen atoms in total. The van der Waals surface area contributed by atoms with Gasteiger partial charge in [-0.2, -0.15) is 0 Å². The zero-order valence-electron chi connectivity index (χ0n) is 30.4. The number of nitrogens with zero attached hydrogens (tertiary/aromatic N) is 5. The molecule has 0 radical (unpaired) electrons. The molecular formula is C38H50N6O10. The molecule has 5 N–H and O–H groups in total. The molecule has 0 bridgehead atoms. The fraction of sp³-hybridized carbons (Fsp3) is 0.500. The highest BCUT2D eigenvalue weighted by atomic mass is 16.4. The summed E-state index contributed by atoms with van der Waals surface area (Å²) in [5.74, 6) is -3.25. The molecule has 3 heterocycles. The molecule has 0 saturated carbocycles. The van der Waals surface area contributed by atoms with Crippen LogP contribution in [0.1, 0.15) is 35.6 Å². The lowest BCUT2D eigenvalue weighted by atomic mass is 9.94. The summed E-state index contributed by atoms with van der Waals surface area (Å²) in [5.41, 5.74) is 3.01. The highest BCUT2D eigenvalue weighted by Crippen LogP contribution is 2.36. The van der Waals surface area contributed by atoms with Gasteiger partial charge in [-0.15, -0.1) is 0 Å². The topological polar surface area (TPSA) is 208 Å². The van der Waals surface area contributed by atoms with Crippen LogP contribution >= 0.6 is 0 Å². The summed E-state index contributed by atoms with van der Waals surface area (Å²) in [6.45, 7) is 3.76. The maximum Gasteiger partial charge on any atom is 0.336 e. The van der Waals surface area contributed by atoms with Crippen LogP contribution in [-0.2, 0) is 25.6 Å². The van der Waals surface area contributed by atoms with E-state index in [1.807, 2.05) is 47.4 Å². The second kappa shape index (κ2) is 19.5. The van der Waals surface area contributed by atoms with Crippen molar-refractivity contribution in [3.63, 3.8) is 0 Å². The molecule has 1 saturated heterocycles. The summed E-state index contributed by atoms with van der Waals surface area (Å²) in [7, 11) is 0. The van der Waals surface area contributed by atoms with Gasteiger partial charge in [-0.3, -0.25) is 38.8 Å². The van der Waals surface area contributed by atoms with Gasteiger partial charge >= 0.3 is 23.5 Å². The van der Waals surface area contributed by atoms with Crippen molar-refractivity contribution < 1.29 is 44.0 Å². The fourth-order valence-corrected chi connectivity index (χ4v) is 7.22. The van der Waals surface area contributed by atoms with Crippen LogP contribution in [0, 0.1) is 0 Å². The maximum absolute atomic E-state index is 13.2. The predicted octanol–water partition coefficient (Wildman–Crippen LogP) is 0.609. The van der Waals surface area contributed by atoms with E-state index in [1.54, 1.807) is 14.7 Å². The Morgan fingerprint density at radius 1 is 0.722 bits per heavy atom. The van der Waals surface area contributed by atoms with Crippen LogP contribution in [0.25, 0.3) is 11.0 Å². The average Bonchev–Trinajstić information content (AvgIpc) is 3.13. The third kappa shape index (κ3) is 11.6. The van der Waals surface area contributed by atoms with Crippen LogP contribution in [-0.4, -0.2) is 162 Å². The van der Waals surface area contributed by atoms with Crippen molar-refractivity contribution >= 4 is 40.5 Å². The molecule has 0 aliphatic carbocycles. The van der Waals surface area contributed by atoms with Gasteiger partial charge in [0.05, 0.1) is 26.2 Å². The van der Waals surface area contributed by atoms with Gasteiger partial charge in [-0.05, 0) is 37.0 Å². The quantitative estimate of drug-likeness (QED) is 0.113. The Balaban J connectivity index is 1.19. The number of aliphatic hydroxyl groups is 1. The number of aryl methyl sites for hydroxylation is 1. The summed E-state index contributed by atoms with van der Waals surface area (Å²) in [5, 5.41) is 43.1. The normalized spacial score (nSPS) is 17.6. The molecule has 0 spiro atoms. The highest BCUT2D eigenvalue weighted by molar-refractivity contribution is 5.89. The maximum atomic E-state index is 13.2. The van der Waals surface area contributed by atoms with Gasteiger partial charge < -0.3 is 35.1 Å². The molecule has 1 fully saturated rings. The van der Waals surface area contributed by atoms with E-state index in [0.29, 0.717) is 94.0 Å². The number of carboxylic acids is 3. The molecular weight excluding hydrogens is 700 g/mol. The molecule has 1 amide bonds. The Kier molecular flexibility index (Phi) is 14.5. The van der Waals surface area contributed by atoms with Crippen molar-refractivity contribution in [2.24, 2.45) is 0 Å². The molecule has 2 aromatic carbocycles. The molecule has 2 aliphatic heterocycles. The Labute approximate surface area is 313 Å². The number of aliphatic carboxylic acids is 3. The van der Waals surface area contributed by atoms with E-state index in [1.165, 1.54) is 6.07 Å². The number of aliphatic hydroxyl groups excluding tert-OH is 1. The third-order valence-electron chi connectivity index (χ3n) is 9.93. The Morgan fingerprint density at radius 3 is 1.80 bits per heavy atom. The summed E-state index contributed by atoms with van der Waals surface area (Å²) in [6.07, 6.45) is 1.23. The third-order valence-corrected chi connectivity index (χ3v) is 9.93. The van der Waals surface area contributed by atoms with Crippen molar-refractivity contribution in [3.05, 3.63) is 75.6 Å². The van der Waals surface area contributed by atoms with Crippen molar-refractivity contribution in [2.45, 2.75) is 25.4 Å². The van der Waals surface area contributed by atoms with Gasteiger partial charge in [0.1, 0.15) is 11.7 Å². The van der Waals surface area contributed by atoms with Crippen LogP contribution in [0.5, 0.6) is 0 Å². The van der Waals surface area contributed by atoms with E-state index in [-0.39, 0.29) is 32.1 Å². The van der Waals surface area contributed by atoms with Crippen molar-refractivity contribution in [1.82, 2.24) is 24.9 Å². The molecule has 1 unspecified atom stereocenters. The summed E-state index contributed by atoms with van der Waals surface area (Å²) < 4.78 is 5.74. The standard InChI is InChI=1S/C38H50N6O10/c45-32(23-40-14-16-41(24-33(46)47)18-20-43(26-35(50)51)21-19-42(17-15-40)25-34(48)49)39-11-5-13-44-12-4-8-29-31(44)10-9-28-30(22-36(52)54-38(28)29)37(53)27-6-2-1-3-7-27/h1-3,6-7,9-10,22,37,53H,4-5,8,11-21,23-26H2,(H,39,45)(H,46,47)(H,48,49)(H,50,51). The van der Waals surface area contributed by atoms with Gasteiger partial charge in [-0.25, -0.2) is 4.79 Å². The molecule has 2 aliphatic rings. The number of hydrogen-bond donors (Lipinski definition) is 5. The Morgan fingerprint density at radius 2 is 1.26 bits per heavy atom. The molecule has 54 heavy (non-hydrogen) atoms. The first-order valence-electron chi connectivity index (χ1n) is 18.4. The summed E-state index contributed by atoms with van der Waals surface area (Å²) in [6, 6.07) is 14.4. The number of rotatable bonds is 14. The number of fused-ring (bicyclic) bond motifs is 3. The fourth-order valence-electron chi connectivity index (χ4n) is 7.22. The van der Waals surface area contributed by atoms with Gasteiger partial charge in [-0.1, -0.05) is 30.3 Å². The zero-order valence-corrected chi connectivity index (χ0v) is 30.4. The van der Waals surface area contributed by atoms with E-state index in [0.717, 1.165) is 30.6 Å². The van der Waals surface area contributed by atoms with Gasteiger partial charge in [0.15, 0.2) is 0 Å². The van der Waals surface area contributed by atoms with Crippen molar-refractivity contribution in [3.8, 4) is 0 Å². The number of hydrogen-bond acceptors (Lipinski definition) is 12. The van der Waals surface area contributed by atoms with Crippen LogP contribution in [0.3, 0.4) is 0 Å². The van der Waals surface area contributed by atoms with Crippen LogP contribution < -0.4 is 15.8 Å². The molecule has 292 valence electrons. The molecule has 3 aromatic rings. The zero-order chi connectivity index (χ0) is 38.6. The van der Waals surface area contributed by atoms with E-state index in [9.17, 15) is 44.4 Å². The molecule has 1 aromatic heterocycles. The van der Waals surface area contributed by atoms with Crippen LogP contribution in [0.2, 0.25) is 0 Å². The van der Waals surface area contributed by atoms with Gasteiger partial charge in [0, 0.05) is 100 Å². The van der Waals surface area contributed by atoms with Gasteiger partial charge in [0.2, 0.25) is 5.91 Å². The number of carbonyl (C=O) groups excluding carboxylic acids is 1. The Hall–Kier alpha value is -4.87. The first-order valence-corrected chi connectivity index (χ1v) is 18.4. The van der Waals surface area contributed by atoms with Gasteiger partial charge in [0.25, 0.3) is 0 Å².